The van der Waals surface area contributed by atoms with E-state index in [9.17, 15) is 0 Å². The van der Waals surface area contributed by atoms with E-state index in [2.05, 4.69) is 55.7 Å². The summed E-state index contributed by atoms with van der Waals surface area (Å²) in [6, 6.07) is 9.44. The van der Waals surface area contributed by atoms with Gasteiger partial charge in [-0.15, -0.1) is 11.3 Å². The number of benzene rings is 1. The van der Waals surface area contributed by atoms with Gasteiger partial charge in [-0.2, -0.15) is 0 Å². The van der Waals surface area contributed by atoms with Crippen LogP contribution in [0.3, 0.4) is 0 Å². The van der Waals surface area contributed by atoms with Crippen LogP contribution < -0.4 is 5.32 Å². The van der Waals surface area contributed by atoms with Crippen molar-refractivity contribution in [2.45, 2.75) is 58.9 Å². The molecule has 116 valence electrons. The number of hydrogen-bond donors (Lipinski definition) is 1. The first-order valence-corrected chi connectivity index (χ1v) is 9.36. The van der Waals surface area contributed by atoms with Crippen LogP contribution in [0.25, 0.3) is 10.1 Å². The minimum atomic E-state index is 0.618. The Kier molecular flexibility index (Phi) is 6.72. The second-order valence-corrected chi connectivity index (χ2v) is 6.87. The molecule has 0 fully saturated rings. The molecule has 1 aromatic carbocycles. The molecular weight excluding hydrogens is 274 g/mol. The highest BCUT2D eigenvalue weighted by atomic mass is 32.1. The highest BCUT2D eigenvalue weighted by Crippen LogP contribution is 2.29. The van der Waals surface area contributed by atoms with Gasteiger partial charge in [-0.05, 0) is 54.1 Å². The van der Waals surface area contributed by atoms with Gasteiger partial charge in [0.05, 0.1) is 0 Å². The Labute approximate surface area is 133 Å². The molecule has 0 spiro atoms. The van der Waals surface area contributed by atoms with Crippen molar-refractivity contribution in [3.05, 3.63) is 35.2 Å². The standard InChI is InChI=1S/C19H29NS/c1-4-9-15(10-5-2)18(20-6-3)13-16-14-21-19-12-8-7-11-17(16)19/h7-8,11-12,14-15,18,20H,4-6,9-10,13H2,1-3H3. The average Bonchev–Trinajstić information content (AvgIpc) is 2.90. The van der Waals surface area contributed by atoms with E-state index in [1.807, 2.05) is 11.3 Å². The SMILES string of the molecule is CCCC(CCC)C(Cc1csc2ccccc12)NCC. The maximum Gasteiger partial charge on any atom is 0.0345 e. The molecule has 0 saturated heterocycles. The lowest BCUT2D eigenvalue weighted by Crippen LogP contribution is -2.38. The van der Waals surface area contributed by atoms with Crippen molar-refractivity contribution in [1.82, 2.24) is 5.32 Å². The van der Waals surface area contributed by atoms with Crippen molar-refractivity contribution in [2.75, 3.05) is 6.54 Å². The molecule has 0 aliphatic carbocycles. The maximum absolute atomic E-state index is 3.76. The first-order chi connectivity index (χ1) is 10.3. The van der Waals surface area contributed by atoms with Crippen molar-refractivity contribution in [3.63, 3.8) is 0 Å². The number of hydrogen-bond acceptors (Lipinski definition) is 2. The van der Waals surface area contributed by atoms with Gasteiger partial charge in [0.1, 0.15) is 0 Å². The van der Waals surface area contributed by atoms with Crippen molar-refractivity contribution in [3.8, 4) is 0 Å². The lowest BCUT2D eigenvalue weighted by Gasteiger charge is -2.27. The summed E-state index contributed by atoms with van der Waals surface area (Å²) in [7, 11) is 0. The summed E-state index contributed by atoms with van der Waals surface area (Å²) in [6.07, 6.45) is 6.43. The van der Waals surface area contributed by atoms with Gasteiger partial charge in [-0.3, -0.25) is 0 Å². The molecule has 0 aliphatic heterocycles. The van der Waals surface area contributed by atoms with Crippen molar-refractivity contribution in [1.29, 1.82) is 0 Å². The number of nitrogens with one attached hydrogen (secondary N) is 1. The molecule has 0 bridgehead atoms. The fourth-order valence-electron chi connectivity index (χ4n) is 3.38. The van der Waals surface area contributed by atoms with Crippen molar-refractivity contribution < 1.29 is 0 Å². The normalized spacial score (nSPS) is 13.1. The minimum absolute atomic E-state index is 0.618. The predicted octanol–water partition coefficient (Wildman–Crippen LogP) is 5.64. The van der Waals surface area contributed by atoms with E-state index in [0.29, 0.717) is 6.04 Å². The van der Waals surface area contributed by atoms with E-state index < -0.39 is 0 Å². The molecule has 1 atom stereocenters. The number of likely N-dealkylation sites (N-methyl/N-ethyl adjacent to an activating group) is 1. The molecule has 0 aliphatic rings. The molecule has 1 unspecified atom stereocenters. The molecule has 1 aromatic heterocycles. The summed E-state index contributed by atoms with van der Waals surface area (Å²) >= 11 is 1.88. The first-order valence-electron chi connectivity index (χ1n) is 8.48. The van der Waals surface area contributed by atoms with Crippen LogP contribution in [-0.4, -0.2) is 12.6 Å². The zero-order chi connectivity index (χ0) is 15.1. The molecule has 0 amide bonds. The Morgan fingerprint density at radius 3 is 2.43 bits per heavy atom. The molecule has 2 heteroatoms. The average molecular weight is 304 g/mol. The first kappa shape index (κ1) is 16.5. The highest BCUT2D eigenvalue weighted by molar-refractivity contribution is 7.17. The number of fused-ring (bicyclic) bond motifs is 1. The van der Waals surface area contributed by atoms with Crippen LogP contribution in [0.15, 0.2) is 29.6 Å². The van der Waals surface area contributed by atoms with Crippen LogP contribution in [0.1, 0.15) is 52.0 Å². The number of thiophene rings is 1. The second-order valence-electron chi connectivity index (χ2n) is 5.96. The van der Waals surface area contributed by atoms with E-state index >= 15 is 0 Å². The second kappa shape index (κ2) is 8.55. The Balaban J connectivity index is 2.17. The Bertz CT molecular complexity index is 525. The highest BCUT2D eigenvalue weighted by Gasteiger charge is 2.20. The van der Waals surface area contributed by atoms with Crippen LogP contribution in [0.4, 0.5) is 0 Å². The summed E-state index contributed by atoms with van der Waals surface area (Å²) < 4.78 is 1.42. The third kappa shape index (κ3) is 4.31. The molecule has 2 rings (SSSR count). The minimum Gasteiger partial charge on any atom is -0.314 e. The van der Waals surface area contributed by atoms with Gasteiger partial charge >= 0.3 is 0 Å². The Morgan fingerprint density at radius 2 is 1.76 bits per heavy atom. The van der Waals surface area contributed by atoms with E-state index in [-0.39, 0.29) is 0 Å². The Hall–Kier alpha value is -0.860. The van der Waals surface area contributed by atoms with Gasteiger partial charge in [0.15, 0.2) is 0 Å². The quantitative estimate of drug-likeness (QED) is 0.632. The van der Waals surface area contributed by atoms with Gasteiger partial charge in [0.2, 0.25) is 0 Å². The third-order valence-electron chi connectivity index (χ3n) is 4.36. The smallest absolute Gasteiger partial charge is 0.0345 e. The van der Waals surface area contributed by atoms with Gasteiger partial charge in [-0.25, -0.2) is 0 Å². The fraction of sp³-hybridized carbons (Fsp3) is 0.579. The zero-order valence-electron chi connectivity index (χ0n) is 13.7. The van der Waals surface area contributed by atoms with E-state index in [1.54, 1.807) is 0 Å². The van der Waals surface area contributed by atoms with Crippen molar-refractivity contribution in [2.24, 2.45) is 5.92 Å². The van der Waals surface area contributed by atoms with Crippen LogP contribution in [0, 0.1) is 5.92 Å². The van der Waals surface area contributed by atoms with Crippen molar-refractivity contribution >= 4 is 21.4 Å². The molecule has 21 heavy (non-hydrogen) atoms. The Morgan fingerprint density at radius 1 is 1.05 bits per heavy atom. The fourth-order valence-corrected chi connectivity index (χ4v) is 4.36. The number of rotatable bonds is 9. The van der Waals surface area contributed by atoms with Crippen LogP contribution >= 0.6 is 11.3 Å². The summed E-state index contributed by atoms with van der Waals surface area (Å²) in [6.45, 7) is 7.92. The monoisotopic (exact) mass is 303 g/mol. The summed E-state index contributed by atoms with van der Waals surface area (Å²) in [5, 5.41) is 7.58. The van der Waals surface area contributed by atoms with Crippen LogP contribution in [0.5, 0.6) is 0 Å². The van der Waals surface area contributed by atoms with E-state index in [0.717, 1.165) is 12.5 Å². The maximum atomic E-state index is 3.76. The van der Waals surface area contributed by atoms with Gasteiger partial charge < -0.3 is 5.32 Å². The molecule has 1 heterocycles. The van der Waals surface area contributed by atoms with E-state index in [4.69, 9.17) is 0 Å². The molecule has 0 radical (unpaired) electrons. The summed E-state index contributed by atoms with van der Waals surface area (Å²) in [5.41, 5.74) is 1.53. The zero-order valence-corrected chi connectivity index (χ0v) is 14.5. The topological polar surface area (TPSA) is 12.0 Å². The molecule has 2 aromatic rings. The van der Waals surface area contributed by atoms with Gasteiger partial charge in [-0.1, -0.05) is 51.8 Å². The summed E-state index contributed by atoms with van der Waals surface area (Å²) in [4.78, 5) is 0. The summed E-state index contributed by atoms with van der Waals surface area (Å²) in [5.74, 6) is 0.804. The lowest BCUT2D eigenvalue weighted by molar-refractivity contribution is 0.313. The molecule has 1 N–H and O–H groups in total. The largest absolute Gasteiger partial charge is 0.314 e. The van der Waals surface area contributed by atoms with E-state index in [1.165, 1.54) is 47.8 Å². The lowest BCUT2D eigenvalue weighted by atomic mass is 9.86. The van der Waals surface area contributed by atoms with Gasteiger partial charge in [0.25, 0.3) is 0 Å². The third-order valence-corrected chi connectivity index (χ3v) is 5.37. The molecule has 0 saturated carbocycles. The van der Waals surface area contributed by atoms with Crippen LogP contribution in [-0.2, 0) is 6.42 Å². The predicted molar refractivity (Wildman–Crippen MR) is 96.3 cm³/mol. The van der Waals surface area contributed by atoms with Crippen LogP contribution in [0.2, 0.25) is 0 Å². The molecule has 1 nitrogen and oxygen atoms in total. The molecular formula is C19H29NS. The van der Waals surface area contributed by atoms with Gasteiger partial charge in [0, 0.05) is 10.7 Å².